The Labute approximate surface area is 116 Å². The largest absolute Gasteiger partial charge is 0.464 e. The van der Waals surface area contributed by atoms with E-state index >= 15 is 0 Å². The van der Waals surface area contributed by atoms with Crippen LogP contribution in [-0.2, 0) is 16.1 Å². The van der Waals surface area contributed by atoms with Crippen molar-refractivity contribution in [2.45, 2.75) is 40.2 Å². The summed E-state index contributed by atoms with van der Waals surface area (Å²) in [6.45, 7) is 8.06. The third-order valence-electron chi connectivity index (χ3n) is 3.29. The van der Waals surface area contributed by atoms with E-state index in [1.54, 1.807) is 0 Å². The molecule has 0 aliphatic heterocycles. The Morgan fingerprint density at radius 2 is 1.84 bits per heavy atom. The third kappa shape index (κ3) is 5.88. The number of hydrogen-bond donors (Lipinski definition) is 1. The van der Waals surface area contributed by atoms with Gasteiger partial charge in [-0.1, -0.05) is 43.7 Å². The van der Waals surface area contributed by atoms with Crippen LogP contribution in [-0.4, -0.2) is 19.1 Å². The van der Waals surface area contributed by atoms with Crippen molar-refractivity contribution in [1.29, 1.82) is 0 Å². The molecule has 3 nitrogen and oxygen atoms in total. The molecule has 1 N–H and O–H groups in total. The lowest BCUT2D eigenvalue weighted by atomic mass is 10.0. The van der Waals surface area contributed by atoms with Gasteiger partial charge < -0.3 is 10.1 Å². The maximum Gasteiger partial charge on any atom is 0.308 e. The van der Waals surface area contributed by atoms with Crippen molar-refractivity contribution in [1.82, 2.24) is 5.32 Å². The number of esters is 1. The number of benzene rings is 1. The van der Waals surface area contributed by atoms with Gasteiger partial charge in [-0.05, 0) is 25.3 Å². The Kier molecular flexibility index (Phi) is 7.19. The average Bonchev–Trinajstić information content (AvgIpc) is 2.42. The summed E-state index contributed by atoms with van der Waals surface area (Å²) >= 11 is 0. The number of carbonyl (C=O) groups is 1. The second-order valence-electron chi connectivity index (χ2n) is 4.84. The van der Waals surface area contributed by atoms with E-state index in [2.05, 4.69) is 36.5 Å². The fourth-order valence-electron chi connectivity index (χ4n) is 1.90. The van der Waals surface area contributed by atoms with Crippen molar-refractivity contribution in [3.8, 4) is 0 Å². The fraction of sp³-hybridized carbons (Fsp3) is 0.562. The van der Waals surface area contributed by atoms with Crippen LogP contribution in [0.4, 0.5) is 0 Å². The molecule has 0 saturated heterocycles. The smallest absolute Gasteiger partial charge is 0.308 e. The minimum absolute atomic E-state index is 0.0529. The van der Waals surface area contributed by atoms with Crippen molar-refractivity contribution in [3.05, 3.63) is 35.4 Å². The van der Waals surface area contributed by atoms with Crippen LogP contribution in [0, 0.1) is 12.8 Å². The van der Waals surface area contributed by atoms with Crippen LogP contribution in [0.1, 0.15) is 37.8 Å². The Hall–Kier alpha value is -1.35. The van der Waals surface area contributed by atoms with Crippen LogP contribution in [0.3, 0.4) is 0 Å². The molecular formula is C16H25NO2. The molecule has 0 fully saturated rings. The quantitative estimate of drug-likeness (QED) is 0.578. The first-order chi connectivity index (χ1) is 9.17. The third-order valence-corrected chi connectivity index (χ3v) is 3.29. The highest BCUT2D eigenvalue weighted by Gasteiger charge is 2.14. The molecule has 0 amide bonds. The van der Waals surface area contributed by atoms with Crippen LogP contribution in [0.5, 0.6) is 0 Å². The summed E-state index contributed by atoms with van der Waals surface area (Å²) in [5.74, 6) is -0.0146. The van der Waals surface area contributed by atoms with Crippen molar-refractivity contribution in [2.24, 2.45) is 5.92 Å². The first kappa shape index (κ1) is 15.7. The van der Waals surface area contributed by atoms with Gasteiger partial charge in [0.05, 0.1) is 5.92 Å². The summed E-state index contributed by atoms with van der Waals surface area (Å²) in [7, 11) is 0. The first-order valence-electron chi connectivity index (χ1n) is 7.10. The van der Waals surface area contributed by atoms with Gasteiger partial charge in [-0.15, -0.1) is 0 Å². The van der Waals surface area contributed by atoms with Gasteiger partial charge >= 0.3 is 5.97 Å². The SMILES string of the molecule is CCC(CC)C(=O)OCCNCc1ccc(C)cc1. The van der Waals surface area contributed by atoms with Crippen molar-refractivity contribution < 1.29 is 9.53 Å². The molecule has 0 saturated carbocycles. The minimum atomic E-state index is -0.0675. The highest BCUT2D eigenvalue weighted by molar-refractivity contribution is 5.72. The molecule has 0 unspecified atom stereocenters. The molecule has 1 aromatic carbocycles. The molecule has 0 aliphatic carbocycles. The summed E-state index contributed by atoms with van der Waals surface area (Å²) in [5, 5.41) is 3.27. The monoisotopic (exact) mass is 263 g/mol. The van der Waals surface area contributed by atoms with Gasteiger partial charge in [0.2, 0.25) is 0 Å². The van der Waals surface area contributed by atoms with Crippen molar-refractivity contribution in [2.75, 3.05) is 13.2 Å². The summed E-state index contributed by atoms with van der Waals surface area (Å²) in [5.41, 5.74) is 2.51. The zero-order valence-electron chi connectivity index (χ0n) is 12.2. The van der Waals surface area contributed by atoms with Crippen molar-refractivity contribution >= 4 is 5.97 Å². The van der Waals surface area contributed by atoms with Gasteiger partial charge in [-0.2, -0.15) is 0 Å². The normalized spacial score (nSPS) is 10.7. The molecule has 0 aliphatic rings. The van der Waals surface area contributed by atoms with Gasteiger partial charge in [0.25, 0.3) is 0 Å². The van der Waals surface area contributed by atoms with Gasteiger partial charge in [0, 0.05) is 13.1 Å². The number of nitrogens with one attached hydrogen (secondary N) is 1. The lowest BCUT2D eigenvalue weighted by Gasteiger charge is -2.12. The lowest BCUT2D eigenvalue weighted by molar-refractivity contribution is -0.148. The number of rotatable bonds is 8. The van der Waals surface area contributed by atoms with Crippen LogP contribution < -0.4 is 5.32 Å². The molecule has 1 aromatic rings. The zero-order valence-corrected chi connectivity index (χ0v) is 12.2. The highest BCUT2D eigenvalue weighted by Crippen LogP contribution is 2.09. The second-order valence-corrected chi connectivity index (χ2v) is 4.84. The summed E-state index contributed by atoms with van der Waals surface area (Å²) < 4.78 is 5.24. The maximum absolute atomic E-state index is 11.6. The summed E-state index contributed by atoms with van der Waals surface area (Å²) in [6, 6.07) is 8.42. The van der Waals surface area contributed by atoms with E-state index in [1.165, 1.54) is 11.1 Å². The number of ether oxygens (including phenoxy) is 1. The molecule has 0 aromatic heterocycles. The molecule has 19 heavy (non-hydrogen) atoms. The minimum Gasteiger partial charge on any atom is -0.464 e. The number of carbonyl (C=O) groups excluding carboxylic acids is 1. The van der Waals surface area contributed by atoms with E-state index in [0.717, 1.165) is 19.4 Å². The standard InChI is InChI=1S/C16H25NO2/c1-4-15(5-2)16(18)19-11-10-17-12-14-8-6-13(3)7-9-14/h6-9,15,17H,4-5,10-12H2,1-3H3. The van der Waals surface area contributed by atoms with Crippen LogP contribution >= 0.6 is 0 Å². The van der Waals surface area contributed by atoms with E-state index in [1.807, 2.05) is 13.8 Å². The highest BCUT2D eigenvalue weighted by atomic mass is 16.5. The average molecular weight is 263 g/mol. The molecule has 0 bridgehead atoms. The van der Waals surface area contributed by atoms with E-state index in [-0.39, 0.29) is 11.9 Å². The predicted molar refractivity (Wildman–Crippen MR) is 77.9 cm³/mol. The van der Waals surface area contributed by atoms with Crippen LogP contribution in [0.25, 0.3) is 0 Å². The molecule has 0 radical (unpaired) electrons. The fourth-order valence-corrected chi connectivity index (χ4v) is 1.90. The molecule has 0 atom stereocenters. The predicted octanol–water partition coefficient (Wildman–Crippen LogP) is 3.06. The number of hydrogen-bond acceptors (Lipinski definition) is 3. The van der Waals surface area contributed by atoms with Crippen molar-refractivity contribution in [3.63, 3.8) is 0 Å². The van der Waals surface area contributed by atoms with E-state index < -0.39 is 0 Å². The van der Waals surface area contributed by atoms with E-state index in [0.29, 0.717) is 13.2 Å². The molecule has 0 heterocycles. The lowest BCUT2D eigenvalue weighted by Crippen LogP contribution is -2.24. The molecule has 106 valence electrons. The number of aryl methyl sites for hydroxylation is 1. The molecular weight excluding hydrogens is 238 g/mol. The Bertz CT molecular complexity index is 369. The van der Waals surface area contributed by atoms with E-state index in [9.17, 15) is 4.79 Å². The summed E-state index contributed by atoms with van der Waals surface area (Å²) in [4.78, 5) is 11.6. The van der Waals surface area contributed by atoms with Gasteiger partial charge in [0.15, 0.2) is 0 Å². The van der Waals surface area contributed by atoms with Gasteiger partial charge in [0.1, 0.15) is 6.61 Å². The van der Waals surface area contributed by atoms with E-state index in [4.69, 9.17) is 4.74 Å². The Morgan fingerprint density at radius 1 is 1.21 bits per heavy atom. The Morgan fingerprint density at radius 3 is 2.42 bits per heavy atom. The second kappa shape index (κ2) is 8.70. The molecule has 3 heteroatoms. The van der Waals surface area contributed by atoms with Crippen LogP contribution in [0.2, 0.25) is 0 Å². The topological polar surface area (TPSA) is 38.3 Å². The molecule has 0 spiro atoms. The van der Waals surface area contributed by atoms with Crippen LogP contribution in [0.15, 0.2) is 24.3 Å². The Balaban J connectivity index is 2.14. The van der Waals surface area contributed by atoms with Gasteiger partial charge in [-0.25, -0.2) is 0 Å². The zero-order chi connectivity index (χ0) is 14.1. The first-order valence-corrected chi connectivity index (χ1v) is 7.10. The molecule has 1 rings (SSSR count). The maximum atomic E-state index is 11.6. The van der Waals surface area contributed by atoms with Gasteiger partial charge in [-0.3, -0.25) is 4.79 Å². The summed E-state index contributed by atoms with van der Waals surface area (Å²) in [6.07, 6.45) is 1.71.